The van der Waals surface area contributed by atoms with Crippen LogP contribution in [0.2, 0.25) is 0 Å². The second kappa shape index (κ2) is 11.5. The second-order valence-electron chi connectivity index (χ2n) is 6.33. The number of aliphatic hydroxyl groups excluding tert-OH is 1. The lowest BCUT2D eigenvalue weighted by atomic mass is 10.1. The molecule has 0 saturated carbocycles. The van der Waals surface area contributed by atoms with Crippen molar-refractivity contribution < 1.29 is 32.7 Å². The minimum atomic E-state index is -1.37. The summed E-state index contributed by atoms with van der Waals surface area (Å²) in [5, 5.41) is 11.2. The Kier molecular flexibility index (Phi) is 9.30. The van der Waals surface area contributed by atoms with Crippen LogP contribution in [0.3, 0.4) is 0 Å². The van der Waals surface area contributed by atoms with E-state index in [-0.39, 0.29) is 42.7 Å². The first-order valence-corrected chi connectivity index (χ1v) is 9.96. The summed E-state index contributed by atoms with van der Waals surface area (Å²) in [5.41, 5.74) is 3.29. The Balaban J connectivity index is 2.43. The molecule has 0 fully saturated rings. The predicted molar refractivity (Wildman–Crippen MR) is 112 cm³/mol. The fourth-order valence-electron chi connectivity index (χ4n) is 2.34. The van der Waals surface area contributed by atoms with Crippen LogP contribution in [0.5, 0.6) is 0 Å². The number of hydrogen-bond acceptors (Lipinski definition) is 6. The molecule has 7 nitrogen and oxygen atoms in total. The van der Waals surface area contributed by atoms with Crippen molar-refractivity contribution >= 4 is 39.9 Å². The van der Waals surface area contributed by atoms with E-state index in [9.17, 15) is 18.0 Å². The molecule has 0 radical (unpaired) electrons. The highest BCUT2D eigenvalue weighted by Crippen LogP contribution is 2.30. The molecule has 30 heavy (non-hydrogen) atoms. The maximum atomic E-state index is 14.9. The molecule has 0 aliphatic heterocycles. The third-order valence-electron chi connectivity index (χ3n) is 3.66. The molecule has 1 amide bonds. The number of benzene rings is 2. The maximum Gasteiger partial charge on any atom is 0.277 e. The van der Waals surface area contributed by atoms with Crippen LogP contribution in [0.15, 0.2) is 24.3 Å². The van der Waals surface area contributed by atoms with Crippen LogP contribution in [0.1, 0.15) is 29.8 Å². The van der Waals surface area contributed by atoms with Crippen molar-refractivity contribution in [2.45, 2.75) is 26.5 Å². The number of hydrogen-bond donors (Lipinski definition) is 4. The summed E-state index contributed by atoms with van der Waals surface area (Å²) in [6.45, 7) is 2.68. The minimum absolute atomic E-state index is 0.145. The Morgan fingerprint density at radius 1 is 1.20 bits per heavy atom. The summed E-state index contributed by atoms with van der Waals surface area (Å²) in [6.07, 6.45) is -0.211. The number of rotatable bonds is 10. The van der Waals surface area contributed by atoms with E-state index < -0.39 is 29.0 Å². The number of hydroxylamine groups is 2. The fraction of sp³-hybridized carbons (Fsp3) is 0.316. The van der Waals surface area contributed by atoms with Gasteiger partial charge in [-0.2, -0.15) is 5.48 Å². The molecule has 0 aliphatic carbocycles. The molecule has 2 rings (SSSR count). The van der Waals surface area contributed by atoms with Crippen molar-refractivity contribution in [1.29, 1.82) is 0 Å². The third kappa shape index (κ3) is 6.54. The predicted octanol–water partition coefficient (Wildman–Crippen LogP) is 3.54. The zero-order valence-corrected chi connectivity index (χ0v) is 18.3. The van der Waals surface area contributed by atoms with E-state index in [0.29, 0.717) is 3.57 Å². The van der Waals surface area contributed by atoms with Gasteiger partial charge in [-0.25, -0.2) is 18.7 Å². The Hall–Kier alpha value is -1.93. The van der Waals surface area contributed by atoms with Gasteiger partial charge in [-0.15, -0.1) is 0 Å². The molecule has 2 aromatic rings. The van der Waals surface area contributed by atoms with Crippen molar-refractivity contribution in [1.82, 2.24) is 11.0 Å². The summed E-state index contributed by atoms with van der Waals surface area (Å²) in [4.78, 5) is 22.3. The molecular formula is C19H21F3IN3O4. The van der Waals surface area contributed by atoms with Gasteiger partial charge in [0.1, 0.15) is 5.82 Å². The lowest BCUT2D eigenvalue weighted by Crippen LogP contribution is -2.27. The smallest absolute Gasteiger partial charge is 0.277 e. The van der Waals surface area contributed by atoms with Gasteiger partial charge < -0.3 is 10.4 Å². The Labute approximate surface area is 185 Å². The first-order chi connectivity index (χ1) is 14.2. The Morgan fingerprint density at radius 2 is 1.93 bits per heavy atom. The van der Waals surface area contributed by atoms with E-state index in [4.69, 9.17) is 14.8 Å². The molecule has 0 atom stereocenters. The lowest BCUT2D eigenvalue weighted by Gasteiger charge is -2.17. The van der Waals surface area contributed by atoms with E-state index in [0.717, 1.165) is 6.07 Å². The number of anilines is 2. The first kappa shape index (κ1) is 24.3. The second-order valence-corrected chi connectivity index (χ2v) is 7.57. The van der Waals surface area contributed by atoms with Crippen LogP contribution in [-0.2, 0) is 16.2 Å². The summed E-state index contributed by atoms with van der Waals surface area (Å²) in [5.74, 6) is -4.22. The molecule has 0 saturated heterocycles. The van der Waals surface area contributed by atoms with Crippen LogP contribution < -0.4 is 16.3 Å². The average molecular weight is 539 g/mol. The fourth-order valence-corrected chi connectivity index (χ4v) is 2.79. The number of carbonyl (C=O) groups excluding carboxylic acids is 1. The molecule has 2 aromatic carbocycles. The molecule has 4 N–H and O–H groups in total. The van der Waals surface area contributed by atoms with Crippen molar-refractivity contribution in [3.8, 4) is 0 Å². The van der Waals surface area contributed by atoms with Crippen molar-refractivity contribution in [2.75, 3.05) is 18.5 Å². The van der Waals surface area contributed by atoms with E-state index >= 15 is 0 Å². The van der Waals surface area contributed by atoms with Gasteiger partial charge in [0.2, 0.25) is 0 Å². The van der Waals surface area contributed by atoms with Gasteiger partial charge in [-0.05, 0) is 60.7 Å². The Morgan fingerprint density at radius 3 is 2.57 bits per heavy atom. The van der Waals surface area contributed by atoms with Crippen LogP contribution in [0, 0.1) is 21.0 Å². The van der Waals surface area contributed by atoms with Gasteiger partial charge in [-0.3, -0.25) is 14.5 Å². The third-order valence-corrected chi connectivity index (χ3v) is 4.33. The van der Waals surface area contributed by atoms with Crippen LogP contribution in [0.25, 0.3) is 0 Å². The first-order valence-electron chi connectivity index (χ1n) is 8.89. The zero-order valence-electron chi connectivity index (χ0n) is 16.2. The number of aliphatic hydroxyl groups is 1. The number of halogens is 4. The summed E-state index contributed by atoms with van der Waals surface area (Å²) in [6, 6.07) is 5.19. The molecule has 0 unspecified atom stereocenters. The van der Waals surface area contributed by atoms with Gasteiger partial charge in [0.05, 0.1) is 36.3 Å². The molecule has 0 bridgehead atoms. The van der Waals surface area contributed by atoms with Gasteiger partial charge in [0, 0.05) is 15.7 Å². The van der Waals surface area contributed by atoms with Gasteiger partial charge in [0.25, 0.3) is 5.91 Å². The van der Waals surface area contributed by atoms with E-state index in [1.165, 1.54) is 12.1 Å². The summed E-state index contributed by atoms with van der Waals surface area (Å²) < 4.78 is 44.3. The normalized spacial score (nSPS) is 11.1. The molecule has 11 heteroatoms. The van der Waals surface area contributed by atoms with Crippen LogP contribution in [-0.4, -0.2) is 30.3 Å². The minimum Gasteiger partial charge on any atom is -0.394 e. The van der Waals surface area contributed by atoms with E-state index in [2.05, 4.69) is 10.8 Å². The quantitative estimate of drug-likeness (QED) is 0.210. The number of carbonyl (C=O) groups is 1. The molecule has 164 valence electrons. The van der Waals surface area contributed by atoms with Gasteiger partial charge >= 0.3 is 0 Å². The van der Waals surface area contributed by atoms with Crippen LogP contribution in [0.4, 0.5) is 24.5 Å². The van der Waals surface area contributed by atoms with Gasteiger partial charge in [-0.1, -0.05) is 0 Å². The lowest BCUT2D eigenvalue weighted by molar-refractivity contribution is -0.00937. The number of amides is 1. The number of nitrogens with one attached hydrogen (secondary N) is 3. The summed E-state index contributed by atoms with van der Waals surface area (Å²) >= 11 is 1.90. The average Bonchev–Trinajstić information content (AvgIpc) is 2.68. The molecule has 0 aliphatic rings. The SMILES string of the molecule is CC(C)ONCc1cc(C(=O)NOCCO)c(Nc2ccc(I)cc2F)c(F)c1F. The van der Waals surface area contributed by atoms with E-state index in [1.807, 2.05) is 28.1 Å². The molecule has 0 heterocycles. The topological polar surface area (TPSA) is 91.9 Å². The highest BCUT2D eigenvalue weighted by molar-refractivity contribution is 14.1. The van der Waals surface area contributed by atoms with E-state index in [1.54, 1.807) is 19.9 Å². The largest absolute Gasteiger partial charge is 0.394 e. The molecule has 0 aromatic heterocycles. The standard InChI is InChI=1S/C19H21F3IN3O4/c1-10(2)30-24-9-11-7-13(19(28)26-29-6-5-27)18(17(22)16(11)21)25-15-4-3-12(23)8-14(15)20/h3-4,7-8,10,24-25,27H,5-6,9H2,1-2H3,(H,26,28). The monoisotopic (exact) mass is 539 g/mol. The highest BCUT2D eigenvalue weighted by Gasteiger charge is 2.24. The van der Waals surface area contributed by atoms with Crippen molar-refractivity contribution in [3.63, 3.8) is 0 Å². The van der Waals surface area contributed by atoms with Gasteiger partial charge in [0.15, 0.2) is 11.6 Å². The zero-order chi connectivity index (χ0) is 22.3. The summed E-state index contributed by atoms with van der Waals surface area (Å²) in [7, 11) is 0. The van der Waals surface area contributed by atoms with Crippen LogP contribution >= 0.6 is 22.6 Å². The Bertz CT molecular complexity index is 900. The van der Waals surface area contributed by atoms with Crippen molar-refractivity contribution in [2.24, 2.45) is 0 Å². The molecule has 0 spiro atoms. The molecular weight excluding hydrogens is 518 g/mol. The van der Waals surface area contributed by atoms with Crippen molar-refractivity contribution in [3.05, 3.63) is 56.4 Å². The highest BCUT2D eigenvalue weighted by atomic mass is 127. The maximum absolute atomic E-state index is 14.9.